The molecule has 2 atom stereocenters. The van der Waals surface area contributed by atoms with Gasteiger partial charge in [0.1, 0.15) is 9.22 Å². The second-order valence-corrected chi connectivity index (χ2v) is 13.7. The quantitative estimate of drug-likeness (QED) is 0.0467. The number of anilines is 1. The lowest BCUT2D eigenvalue weighted by atomic mass is 9.98. The van der Waals surface area contributed by atoms with Crippen molar-refractivity contribution in [3.8, 4) is 0 Å². The lowest BCUT2D eigenvalue weighted by Gasteiger charge is -2.19. The Morgan fingerprint density at radius 1 is 0.864 bits per heavy atom. The molecule has 0 aliphatic heterocycles. The van der Waals surface area contributed by atoms with E-state index in [1.165, 1.54) is 83.5 Å². The number of esters is 2. The number of ether oxygens (including phenoxy) is 2. The van der Waals surface area contributed by atoms with Crippen LogP contribution < -0.4 is 5.73 Å². The Hall–Kier alpha value is -1.98. The molecule has 2 aromatic rings. The third kappa shape index (κ3) is 15.3. The summed E-state index contributed by atoms with van der Waals surface area (Å²) in [5.41, 5.74) is 7.20. The van der Waals surface area contributed by atoms with E-state index in [9.17, 15) is 9.59 Å². The number of imidazole rings is 1. The summed E-state index contributed by atoms with van der Waals surface area (Å²) in [6.45, 7) is 9.18. The van der Waals surface area contributed by atoms with Crippen molar-refractivity contribution < 1.29 is 19.1 Å². The molecule has 0 aliphatic carbocycles. The molecule has 0 saturated heterocycles. The first-order valence-electron chi connectivity index (χ1n) is 17.2. The van der Waals surface area contributed by atoms with E-state index in [1.807, 2.05) is 25.3 Å². The molecular weight excluding hydrogens is 669 g/mol. The second-order valence-electron chi connectivity index (χ2n) is 12.7. The zero-order valence-electron chi connectivity index (χ0n) is 27.8. The molecule has 2 rings (SSSR count). The van der Waals surface area contributed by atoms with E-state index in [1.54, 1.807) is 6.33 Å². The van der Waals surface area contributed by atoms with E-state index in [0.717, 1.165) is 12.8 Å². The number of aromatic nitrogens is 4. The molecule has 0 amide bonds. The number of hydrogen-bond acceptors (Lipinski definition) is 8. The predicted molar refractivity (Wildman–Crippen MR) is 186 cm³/mol. The highest BCUT2D eigenvalue weighted by molar-refractivity contribution is 14.1. The summed E-state index contributed by atoms with van der Waals surface area (Å²) in [6, 6.07) is 0. The van der Waals surface area contributed by atoms with E-state index in [4.69, 9.17) is 15.2 Å². The molecule has 250 valence electrons. The van der Waals surface area contributed by atoms with Crippen LogP contribution in [-0.4, -0.2) is 44.7 Å². The molecule has 0 aromatic carbocycles. The molecule has 2 N–H and O–H groups in total. The van der Waals surface area contributed by atoms with Crippen LogP contribution in [0.25, 0.3) is 11.2 Å². The first kappa shape index (κ1) is 38.2. The van der Waals surface area contributed by atoms with Gasteiger partial charge in [-0.05, 0) is 41.4 Å². The van der Waals surface area contributed by atoms with Crippen LogP contribution in [0.15, 0.2) is 6.33 Å². The van der Waals surface area contributed by atoms with Gasteiger partial charge >= 0.3 is 11.9 Å². The highest BCUT2D eigenvalue weighted by Gasteiger charge is 2.21. The largest absolute Gasteiger partial charge is 0.465 e. The summed E-state index contributed by atoms with van der Waals surface area (Å²) in [5, 5.41) is 0. The van der Waals surface area contributed by atoms with Crippen molar-refractivity contribution in [2.75, 3.05) is 18.9 Å². The maximum absolute atomic E-state index is 12.6. The average molecular weight is 728 g/mol. The number of hydrogen-bond donors (Lipinski definition) is 1. The second kappa shape index (κ2) is 22.5. The molecule has 0 fully saturated rings. The summed E-state index contributed by atoms with van der Waals surface area (Å²) in [4.78, 5) is 37.9. The summed E-state index contributed by atoms with van der Waals surface area (Å²) in [7, 11) is 0. The minimum atomic E-state index is -0.202. The van der Waals surface area contributed by atoms with Crippen LogP contribution >= 0.6 is 22.6 Å². The van der Waals surface area contributed by atoms with Crippen molar-refractivity contribution in [1.29, 1.82) is 0 Å². The van der Waals surface area contributed by atoms with Crippen LogP contribution in [0.5, 0.6) is 0 Å². The van der Waals surface area contributed by atoms with Gasteiger partial charge in [-0.1, -0.05) is 118 Å². The maximum Gasteiger partial charge on any atom is 0.308 e. The lowest BCUT2D eigenvalue weighted by molar-refractivity contribution is -0.151. The molecule has 9 nitrogen and oxygen atoms in total. The first-order valence-corrected chi connectivity index (χ1v) is 18.3. The summed E-state index contributed by atoms with van der Waals surface area (Å²) in [6.07, 6.45) is 22.1. The Labute approximate surface area is 279 Å². The molecule has 1 unspecified atom stereocenters. The van der Waals surface area contributed by atoms with Gasteiger partial charge in [-0.3, -0.25) is 9.59 Å². The molecule has 0 saturated carbocycles. The van der Waals surface area contributed by atoms with Crippen LogP contribution in [0, 0.1) is 21.5 Å². The Bertz CT molecular complexity index is 1090. The van der Waals surface area contributed by atoms with Gasteiger partial charge in [-0.25, -0.2) is 9.97 Å². The minimum Gasteiger partial charge on any atom is -0.465 e. The van der Waals surface area contributed by atoms with Crippen molar-refractivity contribution in [3.05, 3.63) is 10.0 Å². The number of halogens is 1. The number of unbranched alkanes of at least 4 members (excludes halogenated alkanes) is 14. The Balaban J connectivity index is 1.68. The van der Waals surface area contributed by atoms with Gasteiger partial charge in [-0.2, -0.15) is 4.98 Å². The van der Waals surface area contributed by atoms with Gasteiger partial charge < -0.3 is 19.8 Å². The van der Waals surface area contributed by atoms with Crippen molar-refractivity contribution in [1.82, 2.24) is 19.5 Å². The zero-order valence-corrected chi connectivity index (χ0v) is 30.0. The van der Waals surface area contributed by atoms with Gasteiger partial charge in [0.15, 0.2) is 5.65 Å². The topological polar surface area (TPSA) is 122 Å². The van der Waals surface area contributed by atoms with Crippen LogP contribution in [0.2, 0.25) is 0 Å². The SMILES string of the molecule is CCCCCCCCCCCCCCCCCC(=O)OC[C@H](CCOC(=O)C(C)C(C)C)Cn1cnc2c(I)nc(N)nc21. The van der Waals surface area contributed by atoms with Crippen LogP contribution in [0.3, 0.4) is 0 Å². The molecule has 2 heterocycles. The van der Waals surface area contributed by atoms with E-state index in [2.05, 4.69) is 44.5 Å². The number of nitrogens with two attached hydrogens (primary N) is 1. The van der Waals surface area contributed by atoms with Crippen molar-refractivity contribution in [3.63, 3.8) is 0 Å². The maximum atomic E-state index is 12.6. The van der Waals surface area contributed by atoms with Gasteiger partial charge in [0.2, 0.25) is 5.95 Å². The fourth-order valence-electron chi connectivity index (χ4n) is 5.22. The van der Waals surface area contributed by atoms with Gasteiger partial charge in [0, 0.05) is 18.9 Å². The fraction of sp³-hybridized carbons (Fsp3) is 0.794. The summed E-state index contributed by atoms with van der Waals surface area (Å²) < 4.78 is 13.9. The Morgan fingerprint density at radius 2 is 1.43 bits per heavy atom. The van der Waals surface area contributed by atoms with Gasteiger partial charge in [-0.15, -0.1) is 0 Å². The Kier molecular flexibility index (Phi) is 19.5. The smallest absolute Gasteiger partial charge is 0.308 e. The first-order chi connectivity index (χ1) is 21.2. The monoisotopic (exact) mass is 727 g/mol. The standard InChI is InChI=1S/C34H58IN5O4/c1-5-6-7-8-9-10-11-12-13-14-15-16-17-18-19-20-29(41)44-24-28(21-22-43-33(42)27(4)26(2)3)23-40-25-37-30-31(35)38-34(36)39-32(30)40/h25-28H,5-24H2,1-4H3,(H2,36,38,39)/t27?,28-/m1/s1. The third-order valence-corrected chi connectivity index (χ3v) is 9.25. The zero-order chi connectivity index (χ0) is 32.2. The van der Waals surface area contributed by atoms with Crippen molar-refractivity contribution in [2.24, 2.45) is 17.8 Å². The normalized spacial score (nSPS) is 13.0. The Morgan fingerprint density at radius 3 is 2.00 bits per heavy atom. The van der Waals surface area contributed by atoms with Crippen LogP contribution in [-0.2, 0) is 25.6 Å². The van der Waals surface area contributed by atoms with Crippen LogP contribution in [0.4, 0.5) is 5.95 Å². The number of rotatable bonds is 25. The molecule has 2 aromatic heterocycles. The van der Waals surface area contributed by atoms with Crippen molar-refractivity contribution >= 4 is 51.6 Å². The summed E-state index contributed by atoms with van der Waals surface area (Å²) >= 11 is 2.10. The van der Waals surface area contributed by atoms with E-state index < -0.39 is 0 Å². The van der Waals surface area contributed by atoms with Gasteiger partial charge in [0.05, 0.1) is 25.5 Å². The molecule has 0 bridgehead atoms. The van der Waals surface area contributed by atoms with E-state index in [0.29, 0.717) is 34.3 Å². The molecule has 0 aliphatic rings. The number of carbonyl (C=O) groups excluding carboxylic acids is 2. The molecule has 0 spiro atoms. The minimum absolute atomic E-state index is 0.0755. The molecule has 10 heteroatoms. The number of nitrogens with zero attached hydrogens (tertiary/aromatic N) is 4. The number of fused-ring (bicyclic) bond motifs is 1. The highest BCUT2D eigenvalue weighted by atomic mass is 127. The average Bonchev–Trinajstić information content (AvgIpc) is 3.39. The fourth-order valence-corrected chi connectivity index (χ4v) is 5.85. The number of nitrogen functional groups attached to an aromatic ring is 1. The predicted octanol–water partition coefficient (Wildman–Crippen LogP) is 8.66. The van der Waals surface area contributed by atoms with E-state index in [-0.39, 0.29) is 48.9 Å². The number of carbonyl (C=O) groups is 2. The lowest BCUT2D eigenvalue weighted by Crippen LogP contribution is -2.24. The molecule has 0 radical (unpaired) electrons. The van der Waals surface area contributed by atoms with Crippen molar-refractivity contribution in [2.45, 2.75) is 143 Å². The van der Waals surface area contributed by atoms with Crippen LogP contribution in [0.1, 0.15) is 137 Å². The molecule has 44 heavy (non-hydrogen) atoms. The highest BCUT2D eigenvalue weighted by Crippen LogP contribution is 2.20. The van der Waals surface area contributed by atoms with Gasteiger partial charge in [0.25, 0.3) is 0 Å². The molecular formula is C34H58IN5O4. The van der Waals surface area contributed by atoms with E-state index >= 15 is 0 Å². The third-order valence-electron chi connectivity index (χ3n) is 8.50. The summed E-state index contributed by atoms with van der Waals surface area (Å²) in [5.74, 6) is -0.219.